The van der Waals surface area contributed by atoms with E-state index >= 15 is 0 Å². The molecule has 18 heavy (non-hydrogen) atoms. The van der Waals surface area contributed by atoms with Crippen LogP contribution >= 0.6 is 0 Å². The number of nitrogens with one attached hydrogen (secondary N) is 1. The maximum absolute atomic E-state index is 10.9. The Labute approximate surface area is 103 Å². The second-order valence-electron chi connectivity index (χ2n) is 3.99. The van der Waals surface area contributed by atoms with Gasteiger partial charge in [-0.15, -0.1) is 0 Å². The van der Waals surface area contributed by atoms with Crippen LogP contribution in [0.4, 0.5) is 5.82 Å². The van der Waals surface area contributed by atoms with E-state index in [4.69, 9.17) is 10.2 Å². The molecule has 0 amide bonds. The molecular formula is C12H13N3O3. The highest BCUT2D eigenvalue weighted by Crippen LogP contribution is 2.20. The van der Waals surface area contributed by atoms with Gasteiger partial charge in [-0.05, 0) is 25.1 Å². The molecule has 1 unspecified atom stereocenters. The summed E-state index contributed by atoms with van der Waals surface area (Å²) in [5.74, 6) is -0.410. The highest BCUT2D eigenvalue weighted by molar-refractivity contribution is 5.96. The highest BCUT2D eigenvalue weighted by Gasteiger charge is 2.09. The van der Waals surface area contributed by atoms with Crippen molar-refractivity contribution in [3.63, 3.8) is 0 Å². The molecule has 1 aromatic heterocycles. The monoisotopic (exact) mass is 247 g/mol. The van der Waals surface area contributed by atoms with Crippen molar-refractivity contribution < 1.29 is 15.0 Å². The number of fused-ring (bicyclic) bond motifs is 1. The Morgan fingerprint density at radius 2 is 2.22 bits per heavy atom. The van der Waals surface area contributed by atoms with Crippen LogP contribution in [0.5, 0.6) is 0 Å². The third kappa shape index (κ3) is 2.38. The lowest BCUT2D eigenvalue weighted by Crippen LogP contribution is -2.20. The van der Waals surface area contributed by atoms with E-state index in [0.29, 0.717) is 11.3 Å². The molecule has 3 N–H and O–H groups in total. The summed E-state index contributed by atoms with van der Waals surface area (Å²) in [4.78, 5) is 19.0. The number of hydrogen-bond acceptors (Lipinski definition) is 5. The van der Waals surface area contributed by atoms with Gasteiger partial charge in [0.05, 0.1) is 17.7 Å². The number of aliphatic hydroxyl groups excluding tert-OH is 1. The fourth-order valence-electron chi connectivity index (χ4n) is 1.58. The Hall–Kier alpha value is -2.21. The smallest absolute Gasteiger partial charge is 0.335 e. The number of aliphatic hydroxyl groups is 1. The van der Waals surface area contributed by atoms with Crippen LogP contribution in [0, 0.1) is 0 Å². The molecular weight excluding hydrogens is 234 g/mol. The second kappa shape index (κ2) is 4.97. The number of carbonyl (C=O) groups is 1. The lowest BCUT2D eigenvalue weighted by atomic mass is 10.1. The van der Waals surface area contributed by atoms with E-state index in [0.717, 1.165) is 5.39 Å². The zero-order chi connectivity index (χ0) is 13.1. The Bertz CT molecular complexity index is 586. The maximum atomic E-state index is 10.9. The molecule has 1 atom stereocenters. The van der Waals surface area contributed by atoms with Gasteiger partial charge in [0.2, 0.25) is 0 Å². The van der Waals surface area contributed by atoms with E-state index in [1.807, 2.05) is 6.92 Å². The fraction of sp³-hybridized carbons (Fsp3) is 0.250. The van der Waals surface area contributed by atoms with Gasteiger partial charge in [0.25, 0.3) is 0 Å². The van der Waals surface area contributed by atoms with Crippen molar-refractivity contribution >= 4 is 22.7 Å². The van der Waals surface area contributed by atoms with Gasteiger partial charge in [0.1, 0.15) is 12.1 Å². The number of anilines is 1. The summed E-state index contributed by atoms with van der Waals surface area (Å²) >= 11 is 0. The van der Waals surface area contributed by atoms with E-state index < -0.39 is 5.97 Å². The van der Waals surface area contributed by atoms with E-state index in [1.54, 1.807) is 6.07 Å². The molecule has 6 heteroatoms. The second-order valence-corrected chi connectivity index (χ2v) is 3.99. The summed E-state index contributed by atoms with van der Waals surface area (Å²) in [6, 6.07) is 4.52. The maximum Gasteiger partial charge on any atom is 0.335 e. The largest absolute Gasteiger partial charge is 0.478 e. The summed E-state index contributed by atoms with van der Waals surface area (Å²) in [5.41, 5.74) is 0.736. The Balaban J connectivity index is 2.47. The third-order valence-corrected chi connectivity index (χ3v) is 2.54. The zero-order valence-electron chi connectivity index (χ0n) is 9.79. The van der Waals surface area contributed by atoms with Gasteiger partial charge in [-0.3, -0.25) is 0 Å². The van der Waals surface area contributed by atoms with Gasteiger partial charge in [-0.2, -0.15) is 0 Å². The molecule has 0 saturated heterocycles. The van der Waals surface area contributed by atoms with Crippen LogP contribution in [-0.2, 0) is 0 Å². The number of carboxylic acid groups (broad SMARTS) is 1. The van der Waals surface area contributed by atoms with Crippen LogP contribution in [0.15, 0.2) is 24.5 Å². The number of benzene rings is 1. The summed E-state index contributed by atoms with van der Waals surface area (Å²) < 4.78 is 0. The number of carboxylic acids is 1. The van der Waals surface area contributed by atoms with Gasteiger partial charge in [-0.1, -0.05) is 0 Å². The fourth-order valence-corrected chi connectivity index (χ4v) is 1.58. The Morgan fingerprint density at radius 1 is 1.44 bits per heavy atom. The van der Waals surface area contributed by atoms with Crippen LogP contribution in [0.1, 0.15) is 17.3 Å². The molecule has 2 rings (SSSR count). The standard InChI is InChI=1S/C12H13N3O3/c1-7(5-16)15-11-9-3-2-8(12(17)18)4-10(9)13-6-14-11/h2-4,6-7,16H,5H2,1H3,(H,17,18)(H,13,14,15). The lowest BCUT2D eigenvalue weighted by molar-refractivity contribution is 0.0697. The molecule has 94 valence electrons. The van der Waals surface area contributed by atoms with Crippen molar-refractivity contribution in [1.82, 2.24) is 9.97 Å². The predicted octanol–water partition coefficient (Wildman–Crippen LogP) is 1.12. The number of aromatic nitrogens is 2. The average molecular weight is 247 g/mol. The van der Waals surface area contributed by atoms with Crippen molar-refractivity contribution in [2.24, 2.45) is 0 Å². The van der Waals surface area contributed by atoms with E-state index in [2.05, 4.69) is 15.3 Å². The summed E-state index contributed by atoms with van der Waals surface area (Å²) in [6.07, 6.45) is 1.36. The van der Waals surface area contributed by atoms with Gasteiger partial charge >= 0.3 is 5.97 Å². The molecule has 0 aliphatic carbocycles. The molecule has 1 heterocycles. The average Bonchev–Trinajstić information content (AvgIpc) is 2.38. The minimum Gasteiger partial charge on any atom is -0.478 e. The third-order valence-electron chi connectivity index (χ3n) is 2.54. The number of aromatic carboxylic acids is 1. The molecule has 0 bridgehead atoms. The van der Waals surface area contributed by atoms with E-state index in [9.17, 15) is 4.79 Å². The van der Waals surface area contributed by atoms with Gasteiger partial charge < -0.3 is 15.5 Å². The van der Waals surface area contributed by atoms with Gasteiger partial charge in [0, 0.05) is 11.4 Å². The first kappa shape index (κ1) is 12.3. The molecule has 0 aliphatic rings. The minimum atomic E-state index is -0.992. The number of rotatable bonds is 4. The molecule has 0 spiro atoms. The van der Waals surface area contributed by atoms with Crippen LogP contribution in [0.2, 0.25) is 0 Å². The summed E-state index contributed by atoms with van der Waals surface area (Å²) in [5, 5.41) is 21.7. The van der Waals surface area contributed by atoms with Gasteiger partial charge in [0.15, 0.2) is 0 Å². The summed E-state index contributed by atoms with van der Waals surface area (Å²) in [7, 11) is 0. The Morgan fingerprint density at radius 3 is 2.89 bits per heavy atom. The van der Waals surface area contributed by atoms with Crippen molar-refractivity contribution in [3.8, 4) is 0 Å². The highest BCUT2D eigenvalue weighted by atomic mass is 16.4. The van der Waals surface area contributed by atoms with E-state index in [1.165, 1.54) is 18.5 Å². The molecule has 0 radical (unpaired) electrons. The molecule has 1 aromatic carbocycles. The molecule has 6 nitrogen and oxygen atoms in total. The van der Waals surface area contributed by atoms with Crippen LogP contribution in [0.3, 0.4) is 0 Å². The van der Waals surface area contributed by atoms with E-state index in [-0.39, 0.29) is 18.2 Å². The van der Waals surface area contributed by atoms with Crippen LogP contribution in [0.25, 0.3) is 10.9 Å². The topological polar surface area (TPSA) is 95.3 Å². The van der Waals surface area contributed by atoms with Crippen LogP contribution < -0.4 is 5.32 Å². The quantitative estimate of drug-likeness (QED) is 0.749. The zero-order valence-corrected chi connectivity index (χ0v) is 9.79. The van der Waals surface area contributed by atoms with Crippen molar-refractivity contribution in [1.29, 1.82) is 0 Å². The Kier molecular flexibility index (Phi) is 3.38. The first-order valence-corrected chi connectivity index (χ1v) is 5.47. The first-order chi connectivity index (χ1) is 8.61. The number of hydrogen-bond donors (Lipinski definition) is 3. The van der Waals surface area contributed by atoms with Crippen molar-refractivity contribution in [2.75, 3.05) is 11.9 Å². The molecule has 2 aromatic rings. The van der Waals surface area contributed by atoms with Crippen molar-refractivity contribution in [3.05, 3.63) is 30.1 Å². The lowest BCUT2D eigenvalue weighted by Gasteiger charge is -2.13. The van der Waals surface area contributed by atoms with Gasteiger partial charge in [-0.25, -0.2) is 14.8 Å². The molecule has 0 aliphatic heterocycles. The SMILES string of the molecule is CC(CO)Nc1ncnc2cc(C(=O)O)ccc12. The first-order valence-electron chi connectivity index (χ1n) is 5.47. The van der Waals surface area contributed by atoms with Crippen molar-refractivity contribution in [2.45, 2.75) is 13.0 Å². The number of nitrogens with zero attached hydrogens (tertiary/aromatic N) is 2. The minimum absolute atomic E-state index is 0.0152. The summed E-state index contributed by atoms with van der Waals surface area (Å²) in [6.45, 7) is 1.80. The van der Waals surface area contributed by atoms with Crippen LogP contribution in [-0.4, -0.2) is 38.8 Å². The normalized spacial score (nSPS) is 12.3. The molecule has 0 fully saturated rings. The predicted molar refractivity (Wildman–Crippen MR) is 66.7 cm³/mol. The molecule has 0 saturated carbocycles.